The number of benzene rings is 1. The summed E-state index contributed by atoms with van der Waals surface area (Å²) in [6.07, 6.45) is 2.12. The molecular weight excluding hydrogens is 284 g/mol. The van der Waals surface area contributed by atoms with E-state index in [2.05, 4.69) is 58.6 Å². The summed E-state index contributed by atoms with van der Waals surface area (Å²) in [6, 6.07) is 4.51. The predicted octanol–water partition coefficient (Wildman–Crippen LogP) is 3.98. The Morgan fingerprint density at radius 2 is 1.57 bits per heavy atom. The number of quaternary nitrogens is 1. The molecule has 1 aromatic carbocycles. The highest BCUT2D eigenvalue weighted by Crippen LogP contribution is 2.32. The summed E-state index contributed by atoms with van der Waals surface area (Å²) in [5, 5.41) is 0. The average molecular weight is 317 g/mol. The lowest BCUT2D eigenvalue weighted by Crippen LogP contribution is -2.63. The van der Waals surface area contributed by atoms with Gasteiger partial charge in [0.1, 0.15) is 0 Å². The predicted molar refractivity (Wildman–Crippen MR) is 97.9 cm³/mol. The molecule has 1 fully saturated rings. The van der Waals surface area contributed by atoms with E-state index < -0.39 is 0 Å². The lowest BCUT2D eigenvalue weighted by molar-refractivity contribution is -0.938. The van der Waals surface area contributed by atoms with Crippen LogP contribution >= 0.6 is 0 Å². The molecule has 3 heteroatoms. The van der Waals surface area contributed by atoms with Gasteiger partial charge < -0.3 is 9.38 Å². The quantitative estimate of drug-likeness (QED) is 0.752. The Morgan fingerprint density at radius 3 is 2.04 bits per heavy atom. The van der Waals surface area contributed by atoms with Gasteiger partial charge in [0.05, 0.1) is 19.6 Å². The average Bonchev–Trinajstić information content (AvgIpc) is 2.51. The van der Waals surface area contributed by atoms with Gasteiger partial charge in [0.2, 0.25) is 0 Å². The molecule has 1 heterocycles. The molecule has 1 aromatic rings. The van der Waals surface area contributed by atoms with Crippen molar-refractivity contribution in [1.29, 1.82) is 0 Å². The van der Waals surface area contributed by atoms with Crippen LogP contribution in [0.3, 0.4) is 0 Å². The van der Waals surface area contributed by atoms with Gasteiger partial charge in [-0.2, -0.15) is 0 Å². The first-order chi connectivity index (χ1) is 10.9. The molecule has 1 saturated heterocycles. The Bertz CT molecular complexity index is 544. The van der Waals surface area contributed by atoms with E-state index in [9.17, 15) is 4.79 Å². The molecule has 0 N–H and O–H groups in total. The minimum atomic E-state index is 0.115. The number of carbonyl (C=O) groups is 1. The van der Waals surface area contributed by atoms with Crippen molar-refractivity contribution >= 4 is 11.6 Å². The molecule has 2 rings (SSSR count). The third-order valence-electron chi connectivity index (χ3n) is 5.87. The second-order valence-corrected chi connectivity index (χ2v) is 7.06. The molecular formula is C20H33N2O+. The number of hydrogen-bond donors (Lipinski definition) is 0. The highest BCUT2D eigenvalue weighted by molar-refractivity contribution is 5.98. The molecule has 1 amide bonds. The second kappa shape index (κ2) is 7.04. The van der Waals surface area contributed by atoms with Crippen LogP contribution in [0.5, 0.6) is 0 Å². The first-order valence-corrected chi connectivity index (χ1v) is 9.15. The molecule has 23 heavy (non-hydrogen) atoms. The number of anilines is 1. The molecule has 1 atom stereocenters. The van der Waals surface area contributed by atoms with E-state index in [1.807, 2.05) is 0 Å². The topological polar surface area (TPSA) is 20.3 Å². The minimum Gasteiger partial charge on any atom is -0.314 e. The normalized spacial score (nSPS) is 19.3. The summed E-state index contributed by atoms with van der Waals surface area (Å²) >= 11 is 0. The zero-order chi connectivity index (χ0) is 17.2. The molecule has 0 aromatic heterocycles. The van der Waals surface area contributed by atoms with Crippen LogP contribution in [0.4, 0.5) is 5.69 Å². The Labute approximate surface area is 141 Å². The van der Waals surface area contributed by atoms with E-state index in [-0.39, 0.29) is 6.04 Å². The number of amides is 1. The van der Waals surface area contributed by atoms with Crippen molar-refractivity contribution in [3.63, 3.8) is 0 Å². The summed E-state index contributed by atoms with van der Waals surface area (Å²) in [4.78, 5) is 15.4. The summed E-state index contributed by atoms with van der Waals surface area (Å²) in [6.45, 7) is 17.0. The van der Waals surface area contributed by atoms with Crippen LogP contribution in [0.2, 0.25) is 0 Å². The Hall–Kier alpha value is -1.35. The van der Waals surface area contributed by atoms with E-state index in [1.54, 1.807) is 0 Å². The van der Waals surface area contributed by atoms with Gasteiger partial charge in [-0.3, -0.25) is 4.79 Å². The van der Waals surface area contributed by atoms with Crippen LogP contribution in [0.25, 0.3) is 0 Å². The number of carbonyl (C=O) groups excluding carboxylic acids is 1. The maximum Gasteiger partial charge on any atom is 0.285 e. The van der Waals surface area contributed by atoms with E-state index in [4.69, 9.17) is 0 Å². The first-order valence-electron chi connectivity index (χ1n) is 9.15. The zero-order valence-electron chi connectivity index (χ0n) is 15.8. The van der Waals surface area contributed by atoms with Gasteiger partial charge >= 0.3 is 0 Å². The maximum atomic E-state index is 13.3. The molecule has 1 unspecified atom stereocenters. The number of aryl methyl sites for hydroxylation is 3. The highest BCUT2D eigenvalue weighted by atomic mass is 16.2. The summed E-state index contributed by atoms with van der Waals surface area (Å²) in [5.41, 5.74) is 4.86. The third-order valence-corrected chi connectivity index (χ3v) is 5.87. The van der Waals surface area contributed by atoms with Gasteiger partial charge in [-0.15, -0.1) is 0 Å². The van der Waals surface area contributed by atoms with Crippen LogP contribution < -0.4 is 4.90 Å². The lowest BCUT2D eigenvalue weighted by atomic mass is 9.96. The van der Waals surface area contributed by atoms with Crippen molar-refractivity contribution in [2.45, 2.75) is 60.4 Å². The highest BCUT2D eigenvalue weighted by Gasteiger charge is 2.43. The number of nitrogens with zero attached hydrogens (tertiary/aromatic N) is 2. The van der Waals surface area contributed by atoms with Crippen LogP contribution in [0.1, 0.15) is 50.3 Å². The van der Waals surface area contributed by atoms with Crippen molar-refractivity contribution in [2.24, 2.45) is 0 Å². The zero-order valence-corrected chi connectivity index (χ0v) is 15.8. The number of piperidine rings is 1. The van der Waals surface area contributed by atoms with E-state index in [0.29, 0.717) is 5.91 Å². The molecule has 128 valence electrons. The molecule has 0 radical (unpaired) electrons. The monoisotopic (exact) mass is 317 g/mol. The molecule has 0 bridgehead atoms. The number of hydrogen-bond acceptors (Lipinski definition) is 1. The van der Waals surface area contributed by atoms with E-state index in [0.717, 1.165) is 49.2 Å². The van der Waals surface area contributed by atoms with Gasteiger partial charge in [-0.05, 0) is 59.1 Å². The lowest BCUT2D eigenvalue weighted by Gasteiger charge is -2.46. The second-order valence-electron chi connectivity index (χ2n) is 7.06. The molecule has 1 aliphatic rings. The van der Waals surface area contributed by atoms with Gasteiger partial charge in [0, 0.05) is 18.7 Å². The van der Waals surface area contributed by atoms with E-state index in [1.165, 1.54) is 16.7 Å². The molecule has 0 saturated carbocycles. The molecule has 0 aliphatic carbocycles. The van der Waals surface area contributed by atoms with Gasteiger partial charge in [-0.25, -0.2) is 0 Å². The molecule has 1 aliphatic heterocycles. The SMILES string of the molecule is CC[N+](CC)(CC)C1CCCN(c2c(C)cc(C)cc2C)C1=O. The fourth-order valence-electron chi connectivity index (χ4n) is 4.52. The maximum absolute atomic E-state index is 13.3. The fraction of sp³-hybridized carbons (Fsp3) is 0.650. The van der Waals surface area contributed by atoms with Crippen LogP contribution in [-0.4, -0.2) is 42.6 Å². The van der Waals surface area contributed by atoms with Gasteiger partial charge in [0.25, 0.3) is 5.91 Å². The van der Waals surface area contributed by atoms with Crippen molar-refractivity contribution in [2.75, 3.05) is 31.1 Å². The van der Waals surface area contributed by atoms with Crippen LogP contribution in [0.15, 0.2) is 12.1 Å². The molecule has 3 nitrogen and oxygen atoms in total. The van der Waals surface area contributed by atoms with Crippen molar-refractivity contribution in [3.8, 4) is 0 Å². The number of likely N-dealkylation sites (N-methyl/N-ethyl adjacent to an activating group) is 1. The third kappa shape index (κ3) is 3.16. The minimum absolute atomic E-state index is 0.115. The van der Waals surface area contributed by atoms with Crippen LogP contribution in [-0.2, 0) is 4.79 Å². The summed E-state index contributed by atoms with van der Waals surface area (Å²) < 4.78 is 0.916. The summed E-state index contributed by atoms with van der Waals surface area (Å²) in [7, 11) is 0. The summed E-state index contributed by atoms with van der Waals surface area (Å²) in [5.74, 6) is 0.330. The largest absolute Gasteiger partial charge is 0.314 e. The smallest absolute Gasteiger partial charge is 0.285 e. The van der Waals surface area contributed by atoms with Gasteiger partial charge in [-0.1, -0.05) is 17.7 Å². The Kier molecular flexibility index (Phi) is 5.51. The molecule has 0 spiro atoms. The Balaban J connectivity index is 2.41. The fourth-order valence-corrected chi connectivity index (χ4v) is 4.52. The Morgan fingerprint density at radius 1 is 1.04 bits per heavy atom. The van der Waals surface area contributed by atoms with Crippen LogP contribution in [0, 0.1) is 20.8 Å². The first kappa shape index (κ1) is 18.0. The van der Waals surface area contributed by atoms with Crippen molar-refractivity contribution < 1.29 is 9.28 Å². The standard InChI is InChI=1S/C20H33N2O/c1-7-22(8-2,9-3)18-11-10-12-21(20(18)23)19-16(5)13-15(4)14-17(19)6/h13-14,18H,7-12H2,1-6H3/q+1. The van der Waals surface area contributed by atoms with E-state index >= 15 is 0 Å². The number of rotatable bonds is 5. The van der Waals surface area contributed by atoms with Gasteiger partial charge in [0.15, 0.2) is 6.04 Å². The van der Waals surface area contributed by atoms with Crippen molar-refractivity contribution in [1.82, 2.24) is 0 Å². The van der Waals surface area contributed by atoms with Crippen molar-refractivity contribution in [3.05, 3.63) is 28.8 Å².